The van der Waals surface area contributed by atoms with E-state index in [9.17, 15) is 4.79 Å². The molecular weight excluding hydrogens is 322 g/mol. The lowest BCUT2D eigenvalue weighted by Crippen LogP contribution is -2.13. The van der Waals surface area contributed by atoms with Gasteiger partial charge in [-0.25, -0.2) is 0 Å². The fourth-order valence-corrected chi connectivity index (χ4v) is 2.72. The quantitative estimate of drug-likeness (QED) is 0.717. The smallest absolute Gasteiger partial charge is 0.277 e. The molecule has 3 aromatic rings. The van der Waals surface area contributed by atoms with Crippen molar-refractivity contribution in [1.29, 1.82) is 0 Å². The largest absolute Gasteiger partial charge is 0.411 e. The van der Waals surface area contributed by atoms with E-state index in [-0.39, 0.29) is 11.7 Å². The molecule has 9 heteroatoms. The molecule has 0 aliphatic carbocycles. The van der Waals surface area contributed by atoms with Crippen LogP contribution < -0.4 is 5.32 Å². The normalized spacial score (nSPS) is 10.6. The maximum absolute atomic E-state index is 11.7. The first kappa shape index (κ1) is 14.7. The van der Waals surface area contributed by atoms with E-state index in [0.29, 0.717) is 16.2 Å². The molecule has 2 aromatic heterocycles. The summed E-state index contributed by atoms with van der Waals surface area (Å²) in [6.45, 7) is 1.97. The number of hydrogen-bond acceptors (Lipinski definition) is 8. The molecule has 2 heterocycles. The van der Waals surface area contributed by atoms with Gasteiger partial charge in [0.1, 0.15) is 5.51 Å². The van der Waals surface area contributed by atoms with E-state index in [1.54, 1.807) is 5.51 Å². The minimum Gasteiger partial charge on any atom is -0.411 e. The summed E-state index contributed by atoms with van der Waals surface area (Å²) in [5, 5.41) is 18.8. The van der Waals surface area contributed by atoms with E-state index in [1.807, 2.05) is 31.2 Å². The zero-order valence-electron chi connectivity index (χ0n) is 11.5. The molecule has 1 N–H and O–H groups in total. The van der Waals surface area contributed by atoms with E-state index in [1.165, 1.54) is 23.1 Å². The van der Waals surface area contributed by atoms with Crippen LogP contribution in [0.4, 0.5) is 5.13 Å². The maximum atomic E-state index is 11.7. The fraction of sp³-hybridized carbons (Fsp3) is 0.154. The average molecular weight is 333 g/mol. The number of benzene rings is 1. The van der Waals surface area contributed by atoms with Crippen molar-refractivity contribution in [1.82, 2.24) is 20.4 Å². The molecule has 0 fully saturated rings. The van der Waals surface area contributed by atoms with Crippen molar-refractivity contribution in [3.05, 3.63) is 35.3 Å². The topological polar surface area (TPSA) is 93.8 Å². The Kier molecular flexibility index (Phi) is 4.45. The van der Waals surface area contributed by atoms with Crippen LogP contribution in [0, 0.1) is 6.92 Å². The second-order valence-electron chi connectivity index (χ2n) is 4.27. The standard InChI is InChI=1S/C13H11N5O2S2/c1-8-4-2-3-5-9(8)11-16-18-13(20-11)21-6-10(19)15-12-17-14-7-22-12/h2-5,7H,6H2,1H3,(H,15,17,19). The number of hydrogen-bond donors (Lipinski definition) is 1. The van der Waals surface area contributed by atoms with E-state index in [4.69, 9.17) is 4.42 Å². The van der Waals surface area contributed by atoms with Crippen molar-refractivity contribution in [2.75, 3.05) is 11.1 Å². The molecule has 0 aliphatic heterocycles. The number of carbonyl (C=O) groups excluding carboxylic acids is 1. The first-order chi connectivity index (χ1) is 10.7. The molecule has 0 unspecified atom stereocenters. The Morgan fingerprint density at radius 2 is 2.18 bits per heavy atom. The van der Waals surface area contributed by atoms with Gasteiger partial charge in [0, 0.05) is 5.56 Å². The molecule has 0 saturated carbocycles. The van der Waals surface area contributed by atoms with Crippen molar-refractivity contribution in [2.45, 2.75) is 12.1 Å². The SMILES string of the molecule is Cc1ccccc1-c1nnc(SCC(=O)Nc2nncs2)o1. The molecule has 0 aliphatic rings. The van der Waals surface area contributed by atoms with E-state index in [0.717, 1.165) is 11.1 Å². The summed E-state index contributed by atoms with van der Waals surface area (Å²) in [6.07, 6.45) is 0. The molecule has 22 heavy (non-hydrogen) atoms. The Balaban J connectivity index is 1.60. The van der Waals surface area contributed by atoms with Crippen LogP contribution in [0.15, 0.2) is 39.4 Å². The van der Waals surface area contributed by atoms with Crippen LogP contribution in [0.25, 0.3) is 11.5 Å². The Labute approximate surface area is 134 Å². The van der Waals surface area contributed by atoms with Crippen molar-refractivity contribution in [3.8, 4) is 11.5 Å². The number of nitrogens with zero attached hydrogens (tertiary/aromatic N) is 4. The Bertz CT molecular complexity index is 772. The third kappa shape index (κ3) is 3.49. The minimum absolute atomic E-state index is 0.162. The van der Waals surface area contributed by atoms with Gasteiger partial charge >= 0.3 is 0 Å². The van der Waals surface area contributed by atoms with Crippen LogP contribution in [-0.2, 0) is 4.79 Å². The average Bonchev–Trinajstić information content (AvgIpc) is 3.17. The first-order valence-electron chi connectivity index (χ1n) is 6.30. The van der Waals surface area contributed by atoms with Gasteiger partial charge in [0.15, 0.2) is 0 Å². The summed E-state index contributed by atoms with van der Waals surface area (Å²) in [5.41, 5.74) is 3.49. The second kappa shape index (κ2) is 6.67. The summed E-state index contributed by atoms with van der Waals surface area (Å²) in [7, 11) is 0. The van der Waals surface area contributed by atoms with Gasteiger partial charge in [0.2, 0.25) is 16.9 Å². The second-order valence-corrected chi connectivity index (χ2v) is 6.03. The summed E-state index contributed by atoms with van der Waals surface area (Å²) in [5.74, 6) is 0.414. The number of nitrogens with one attached hydrogen (secondary N) is 1. The number of aromatic nitrogens is 4. The van der Waals surface area contributed by atoms with E-state index >= 15 is 0 Å². The molecule has 3 rings (SSSR count). The predicted molar refractivity (Wildman–Crippen MR) is 83.7 cm³/mol. The van der Waals surface area contributed by atoms with Gasteiger partial charge in [-0.15, -0.1) is 20.4 Å². The summed E-state index contributed by atoms with van der Waals surface area (Å²) < 4.78 is 5.57. The molecule has 0 atom stereocenters. The van der Waals surface area contributed by atoms with Gasteiger partial charge < -0.3 is 4.42 Å². The number of thioether (sulfide) groups is 1. The van der Waals surface area contributed by atoms with Crippen LogP contribution >= 0.6 is 23.1 Å². The monoisotopic (exact) mass is 333 g/mol. The molecule has 0 saturated heterocycles. The molecule has 112 valence electrons. The third-order valence-corrected chi connectivity index (χ3v) is 4.14. The van der Waals surface area contributed by atoms with Gasteiger partial charge in [0.25, 0.3) is 5.22 Å². The number of aryl methyl sites for hydroxylation is 1. The van der Waals surface area contributed by atoms with E-state index < -0.39 is 0 Å². The molecule has 0 bridgehead atoms. The van der Waals surface area contributed by atoms with Gasteiger partial charge in [-0.3, -0.25) is 10.1 Å². The maximum Gasteiger partial charge on any atom is 0.277 e. The lowest BCUT2D eigenvalue weighted by Gasteiger charge is -1.99. The number of rotatable bonds is 5. The highest BCUT2D eigenvalue weighted by Gasteiger charge is 2.13. The van der Waals surface area contributed by atoms with Crippen LogP contribution in [0.2, 0.25) is 0 Å². The van der Waals surface area contributed by atoms with Crippen LogP contribution in [0.1, 0.15) is 5.56 Å². The van der Waals surface area contributed by atoms with Crippen LogP contribution in [0.5, 0.6) is 0 Å². The van der Waals surface area contributed by atoms with Crippen molar-refractivity contribution in [2.24, 2.45) is 0 Å². The van der Waals surface area contributed by atoms with Crippen molar-refractivity contribution in [3.63, 3.8) is 0 Å². The highest BCUT2D eigenvalue weighted by atomic mass is 32.2. The molecule has 1 aromatic carbocycles. The van der Waals surface area contributed by atoms with Gasteiger partial charge in [-0.05, 0) is 18.6 Å². The third-order valence-electron chi connectivity index (χ3n) is 2.72. The lowest BCUT2D eigenvalue weighted by molar-refractivity contribution is -0.113. The fourth-order valence-electron chi connectivity index (χ4n) is 1.70. The van der Waals surface area contributed by atoms with Crippen LogP contribution in [-0.4, -0.2) is 32.1 Å². The molecule has 1 amide bonds. The Morgan fingerprint density at radius 3 is 2.95 bits per heavy atom. The lowest BCUT2D eigenvalue weighted by atomic mass is 10.1. The van der Waals surface area contributed by atoms with Crippen molar-refractivity contribution >= 4 is 34.1 Å². The number of carbonyl (C=O) groups is 1. The van der Waals surface area contributed by atoms with E-state index in [2.05, 4.69) is 25.7 Å². The number of amides is 1. The summed E-state index contributed by atoms with van der Waals surface area (Å²) >= 11 is 2.44. The predicted octanol–water partition coefficient (Wildman–Crippen LogP) is 2.63. The molecule has 0 radical (unpaired) electrons. The van der Waals surface area contributed by atoms with Gasteiger partial charge in [-0.1, -0.05) is 41.3 Å². The first-order valence-corrected chi connectivity index (χ1v) is 8.17. The molecule has 0 spiro atoms. The Morgan fingerprint density at radius 1 is 1.32 bits per heavy atom. The summed E-state index contributed by atoms with van der Waals surface area (Å²) in [6, 6.07) is 7.75. The highest BCUT2D eigenvalue weighted by Crippen LogP contribution is 2.25. The van der Waals surface area contributed by atoms with Crippen molar-refractivity contribution < 1.29 is 9.21 Å². The number of anilines is 1. The molecular formula is C13H11N5O2S2. The van der Waals surface area contributed by atoms with Crippen LogP contribution in [0.3, 0.4) is 0 Å². The minimum atomic E-state index is -0.197. The highest BCUT2D eigenvalue weighted by molar-refractivity contribution is 7.99. The summed E-state index contributed by atoms with van der Waals surface area (Å²) in [4.78, 5) is 11.7. The van der Waals surface area contributed by atoms with Gasteiger partial charge in [0.05, 0.1) is 5.75 Å². The van der Waals surface area contributed by atoms with Gasteiger partial charge in [-0.2, -0.15) is 0 Å². The Hall–Kier alpha value is -2.26. The molecule has 7 nitrogen and oxygen atoms in total. The zero-order valence-corrected chi connectivity index (χ0v) is 13.1. The zero-order chi connectivity index (χ0) is 15.4.